The number of nitrogens with zero attached hydrogens (tertiary/aromatic N) is 4. The summed E-state index contributed by atoms with van der Waals surface area (Å²) >= 11 is 6.28. The van der Waals surface area contributed by atoms with Crippen molar-refractivity contribution in [2.24, 2.45) is 4.99 Å². The van der Waals surface area contributed by atoms with Gasteiger partial charge in [-0.3, -0.25) is 4.99 Å². The van der Waals surface area contributed by atoms with Gasteiger partial charge in [-0.05, 0) is 42.7 Å². The number of aromatic nitrogens is 3. The number of H-pyrrole nitrogens is 1. The average Bonchev–Trinajstić information content (AvgIpc) is 3.35. The monoisotopic (exact) mass is 525 g/mol. The molecule has 0 radical (unpaired) electrons. The van der Waals surface area contributed by atoms with Crippen LogP contribution in [0.2, 0.25) is 5.02 Å². The van der Waals surface area contributed by atoms with Gasteiger partial charge in [0.2, 0.25) is 0 Å². The van der Waals surface area contributed by atoms with Crippen LogP contribution in [0.3, 0.4) is 0 Å². The van der Waals surface area contributed by atoms with E-state index in [1.165, 1.54) is 10.9 Å². The second kappa shape index (κ2) is 10.1. The van der Waals surface area contributed by atoms with Gasteiger partial charge in [-0.15, -0.1) is 24.0 Å². The third-order valence-electron chi connectivity index (χ3n) is 5.01. The first-order chi connectivity index (χ1) is 13.7. The molecule has 0 amide bonds. The van der Waals surface area contributed by atoms with Gasteiger partial charge in [0.1, 0.15) is 11.5 Å². The van der Waals surface area contributed by atoms with Crippen molar-refractivity contribution in [2.75, 3.05) is 31.6 Å². The van der Waals surface area contributed by atoms with Crippen LogP contribution < -0.4 is 15.5 Å². The van der Waals surface area contributed by atoms with E-state index in [2.05, 4.69) is 41.5 Å². The van der Waals surface area contributed by atoms with E-state index in [0.29, 0.717) is 11.1 Å². The van der Waals surface area contributed by atoms with E-state index in [0.717, 1.165) is 49.9 Å². The number of halogens is 2. The Morgan fingerprint density at radius 2 is 2.14 bits per heavy atom. The average molecular weight is 526 g/mol. The summed E-state index contributed by atoms with van der Waals surface area (Å²) in [6.45, 7) is 2.57. The Morgan fingerprint density at radius 1 is 1.31 bits per heavy atom. The van der Waals surface area contributed by atoms with Crippen molar-refractivity contribution in [2.45, 2.75) is 18.9 Å². The molecule has 4 heterocycles. The van der Waals surface area contributed by atoms with Gasteiger partial charge in [-0.25, -0.2) is 9.97 Å². The third kappa shape index (κ3) is 5.11. The summed E-state index contributed by atoms with van der Waals surface area (Å²) < 4.78 is 0. The number of hydrogen-bond donors (Lipinski definition) is 3. The predicted octanol–water partition coefficient (Wildman–Crippen LogP) is 3.22. The normalized spacial score (nSPS) is 16.7. The van der Waals surface area contributed by atoms with Crippen molar-refractivity contribution >= 4 is 58.4 Å². The number of hydrogen-bond acceptors (Lipinski definition) is 4. The zero-order chi connectivity index (χ0) is 19.3. The first-order valence-electron chi connectivity index (χ1n) is 9.48. The molecule has 1 atom stereocenters. The number of aromatic amines is 1. The van der Waals surface area contributed by atoms with E-state index >= 15 is 0 Å². The summed E-state index contributed by atoms with van der Waals surface area (Å²) in [6.07, 6.45) is 7.52. The molecule has 0 saturated carbocycles. The Kier molecular flexibility index (Phi) is 7.54. The Labute approximate surface area is 192 Å². The summed E-state index contributed by atoms with van der Waals surface area (Å²) in [5.41, 5.74) is 2.18. The van der Waals surface area contributed by atoms with Gasteiger partial charge in [-0.2, -0.15) is 0 Å². The van der Waals surface area contributed by atoms with Crippen LogP contribution in [0, 0.1) is 0 Å². The number of rotatable bonds is 5. The zero-order valence-corrected chi connectivity index (χ0v) is 19.3. The van der Waals surface area contributed by atoms with Gasteiger partial charge in [0.25, 0.3) is 0 Å². The molecule has 1 unspecified atom stereocenters. The third-order valence-corrected chi connectivity index (χ3v) is 5.31. The van der Waals surface area contributed by atoms with E-state index in [1.807, 2.05) is 24.4 Å². The van der Waals surface area contributed by atoms with E-state index in [4.69, 9.17) is 11.6 Å². The van der Waals surface area contributed by atoms with Crippen molar-refractivity contribution in [3.8, 4) is 0 Å². The highest BCUT2D eigenvalue weighted by Gasteiger charge is 2.25. The summed E-state index contributed by atoms with van der Waals surface area (Å²) in [4.78, 5) is 18.5. The number of anilines is 1. The molecule has 0 bridgehead atoms. The number of fused-ring (bicyclic) bond motifs is 1. The number of aliphatic imine (C=N–C) groups is 1. The lowest BCUT2D eigenvalue weighted by Crippen LogP contribution is -2.45. The SMILES string of the molecule is CN=C(NCCc1c[nH]c2ncccc12)NC1CCN(c2ncccc2Cl)C1.I. The zero-order valence-electron chi connectivity index (χ0n) is 16.2. The highest BCUT2D eigenvalue weighted by Crippen LogP contribution is 2.25. The lowest BCUT2D eigenvalue weighted by Gasteiger charge is -2.20. The molecule has 0 spiro atoms. The number of pyridine rings is 2. The van der Waals surface area contributed by atoms with E-state index in [9.17, 15) is 0 Å². The second-order valence-electron chi connectivity index (χ2n) is 6.85. The fraction of sp³-hybridized carbons (Fsp3) is 0.350. The van der Waals surface area contributed by atoms with Crippen molar-refractivity contribution in [3.63, 3.8) is 0 Å². The van der Waals surface area contributed by atoms with Gasteiger partial charge in [0.05, 0.1) is 5.02 Å². The summed E-state index contributed by atoms with van der Waals surface area (Å²) in [7, 11) is 1.80. The molecule has 4 rings (SSSR count). The summed E-state index contributed by atoms with van der Waals surface area (Å²) in [6, 6.07) is 8.10. The molecule has 0 aliphatic carbocycles. The van der Waals surface area contributed by atoms with Crippen molar-refractivity contribution < 1.29 is 0 Å². The van der Waals surface area contributed by atoms with Crippen LogP contribution in [0.4, 0.5) is 5.82 Å². The van der Waals surface area contributed by atoms with Crippen molar-refractivity contribution in [1.82, 2.24) is 25.6 Å². The highest BCUT2D eigenvalue weighted by atomic mass is 127. The minimum atomic E-state index is 0. The first kappa shape index (κ1) is 21.6. The maximum atomic E-state index is 6.28. The standard InChI is InChI=1S/C20H24ClN7.HI/c1-22-20(25-10-6-14-12-26-18-16(14)4-2-8-23-18)27-15-7-11-28(13-15)19-17(21)5-3-9-24-19;/h2-5,8-9,12,15H,6-7,10-11,13H2,1H3,(H,23,26)(H2,22,25,27);1H. The van der Waals surface area contributed by atoms with Gasteiger partial charge < -0.3 is 20.5 Å². The molecule has 154 valence electrons. The van der Waals surface area contributed by atoms with Crippen LogP contribution >= 0.6 is 35.6 Å². The maximum absolute atomic E-state index is 6.28. The largest absolute Gasteiger partial charge is 0.356 e. The predicted molar refractivity (Wildman–Crippen MR) is 130 cm³/mol. The highest BCUT2D eigenvalue weighted by molar-refractivity contribution is 14.0. The topological polar surface area (TPSA) is 81.2 Å². The molecular weight excluding hydrogens is 501 g/mol. The van der Waals surface area contributed by atoms with Crippen LogP contribution in [-0.2, 0) is 6.42 Å². The second-order valence-corrected chi connectivity index (χ2v) is 7.25. The van der Waals surface area contributed by atoms with Gasteiger partial charge in [-0.1, -0.05) is 11.6 Å². The fourth-order valence-electron chi connectivity index (χ4n) is 3.60. The molecule has 1 aliphatic rings. The summed E-state index contributed by atoms with van der Waals surface area (Å²) in [5, 5.41) is 8.78. The Hall–Kier alpha value is -2.07. The lowest BCUT2D eigenvalue weighted by molar-refractivity contribution is 0.648. The molecule has 3 aromatic heterocycles. The Balaban J connectivity index is 0.00000240. The number of guanidine groups is 1. The molecular formula is C20H25ClIN7. The van der Waals surface area contributed by atoms with Crippen LogP contribution in [-0.4, -0.2) is 53.6 Å². The quantitative estimate of drug-likeness (QED) is 0.271. The van der Waals surface area contributed by atoms with Gasteiger partial charge >= 0.3 is 0 Å². The molecule has 1 fully saturated rings. The van der Waals surface area contributed by atoms with Crippen molar-refractivity contribution in [1.29, 1.82) is 0 Å². The first-order valence-corrected chi connectivity index (χ1v) is 9.86. The molecule has 29 heavy (non-hydrogen) atoms. The molecule has 0 aromatic carbocycles. The molecule has 3 aromatic rings. The molecule has 9 heteroatoms. The fourth-order valence-corrected chi connectivity index (χ4v) is 3.84. The molecule has 7 nitrogen and oxygen atoms in total. The Bertz CT molecular complexity index is 974. The molecule has 1 aliphatic heterocycles. The summed E-state index contributed by atoms with van der Waals surface area (Å²) in [5.74, 6) is 1.67. The number of nitrogens with one attached hydrogen (secondary N) is 3. The lowest BCUT2D eigenvalue weighted by atomic mass is 10.1. The van der Waals surface area contributed by atoms with Crippen LogP contribution in [0.15, 0.2) is 47.8 Å². The minimum absolute atomic E-state index is 0. The molecule has 1 saturated heterocycles. The van der Waals surface area contributed by atoms with E-state index in [1.54, 1.807) is 19.4 Å². The van der Waals surface area contributed by atoms with Gasteiger partial charge in [0.15, 0.2) is 5.96 Å². The van der Waals surface area contributed by atoms with Crippen LogP contribution in [0.25, 0.3) is 11.0 Å². The maximum Gasteiger partial charge on any atom is 0.191 e. The van der Waals surface area contributed by atoms with Gasteiger partial charge in [0, 0.05) is 56.7 Å². The van der Waals surface area contributed by atoms with Crippen molar-refractivity contribution in [3.05, 3.63) is 53.4 Å². The smallest absolute Gasteiger partial charge is 0.191 e. The Morgan fingerprint density at radius 3 is 2.97 bits per heavy atom. The minimum Gasteiger partial charge on any atom is -0.356 e. The molecule has 3 N–H and O–H groups in total. The van der Waals surface area contributed by atoms with Crippen LogP contribution in [0.1, 0.15) is 12.0 Å². The van der Waals surface area contributed by atoms with E-state index < -0.39 is 0 Å². The van der Waals surface area contributed by atoms with E-state index in [-0.39, 0.29) is 24.0 Å². The van der Waals surface area contributed by atoms with Crippen LogP contribution in [0.5, 0.6) is 0 Å².